The summed E-state index contributed by atoms with van der Waals surface area (Å²) in [5.74, 6) is 1.24. The predicted octanol–water partition coefficient (Wildman–Crippen LogP) is 3.06. The lowest BCUT2D eigenvalue weighted by Crippen LogP contribution is -2.35. The van der Waals surface area contributed by atoms with Gasteiger partial charge in [-0.3, -0.25) is 0 Å². The van der Waals surface area contributed by atoms with Crippen molar-refractivity contribution in [2.24, 2.45) is 10.3 Å². The average Bonchev–Trinajstić information content (AvgIpc) is 3.02. The van der Waals surface area contributed by atoms with Crippen molar-refractivity contribution in [3.05, 3.63) is 36.4 Å². The van der Waals surface area contributed by atoms with Gasteiger partial charge in [-0.15, -0.1) is 0 Å². The number of aromatic nitrogens is 3. The van der Waals surface area contributed by atoms with E-state index in [-0.39, 0.29) is 0 Å². The topological polar surface area (TPSA) is 57.8 Å². The summed E-state index contributed by atoms with van der Waals surface area (Å²) in [6.07, 6.45) is 9.70. The van der Waals surface area contributed by atoms with Crippen LogP contribution in [0.15, 0.2) is 40.8 Å². The zero-order chi connectivity index (χ0) is 16.2. The number of likely N-dealkylation sites (tertiary alicyclic amines) is 1. The van der Waals surface area contributed by atoms with Gasteiger partial charge in [-0.05, 0) is 33.4 Å². The molecule has 1 fully saturated rings. The standard InChI is InChI=1S/C16H22N6S/c1-12(14-5-4-8-21(3)11-14)20-23-13(2)19-15-16-18-7-10-22(16)9-6-17-15/h6-7,9-10,14H,2,4-5,8,11H2,1,3H3,(H,17,19)/b20-12+. The first-order valence-corrected chi connectivity index (χ1v) is 8.54. The van der Waals surface area contributed by atoms with Gasteiger partial charge in [0.1, 0.15) is 0 Å². The molecule has 1 aliphatic heterocycles. The van der Waals surface area contributed by atoms with Crippen LogP contribution in [0.5, 0.6) is 0 Å². The Morgan fingerprint density at radius 1 is 1.39 bits per heavy atom. The Bertz CT molecular complexity index is 722. The van der Waals surface area contributed by atoms with Gasteiger partial charge in [-0.1, -0.05) is 6.58 Å². The first-order chi connectivity index (χ1) is 11.1. The number of nitrogens with zero attached hydrogens (tertiary/aromatic N) is 5. The lowest BCUT2D eigenvalue weighted by Gasteiger charge is -2.29. The van der Waals surface area contributed by atoms with Crippen LogP contribution in [0.25, 0.3) is 5.65 Å². The summed E-state index contributed by atoms with van der Waals surface area (Å²) in [4.78, 5) is 11.0. The van der Waals surface area contributed by atoms with Crippen molar-refractivity contribution in [2.75, 3.05) is 25.5 Å². The van der Waals surface area contributed by atoms with Crippen LogP contribution in [0.3, 0.4) is 0 Å². The molecule has 122 valence electrons. The molecule has 3 rings (SSSR count). The molecule has 2 aromatic rings. The van der Waals surface area contributed by atoms with Gasteiger partial charge in [0.2, 0.25) is 0 Å². The number of hydrogen-bond acceptors (Lipinski definition) is 6. The SMILES string of the molecule is C=C(Nc1nccn2ccnc12)S/N=C(\C)C1CCCN(C)C1. The zero-order valence-corrected chi connectivity index (χ0v) is 14.4. The highest BCUT2D eigenvalue weighted by molar-refractivity contribution is 8.02. The van der Waals surface area contributed by atoms with Gasteiger partial charge >= 0.3 is 0 Å². The second kappa shape index (κ2) is 7.14. The van der Waals surface area contributed by atoms with Crippen molar-refractivity contribution in [1.82, 2.24) is 19.3 Å². The van der Waals surface area contributed by atoms with Gasteiger partial charge in [-0.2, -0.15) is 0 Å². The Balaban J connectivity index is 1.61. The first kappa shape index (κ1) is 16.0. The lowest BCUT2D eigenvalue weighted by molar-refractivity contribution is 0.246. The van der Waals surface area contributed by atoms with Gasteiger partial charge in [0.15, 0.2) is 11.5 Å². The first-order valence-electron chi connectivity index (χ1n) is 7.77. The summed E-state index contributed by atoms with van der Waals surface area (Å²) in [5.41, 5.74) is 1.96. The van der Waals surface area contributed by atoms with Crippen LogP contribution in [0.4, 0.5) is 5.82 Å². The molecule has 1 N–H and O–H groups in total. The maximum Gasteiger partial charge on any atom is 0.180 e. The smallest absolute Gasteiger partial charge is 0.180 e. The third-order valence-corrected chi connectivity index (χ3v) is 4.79. The van der Waals surface area contributed by atoms with E-state index in [1.165, 1.54) is 37.0 Å². The Hall–Kier alpha value is -1.86. The van der Waals surface area contributed by atoms with E-state index in [1.807, 2.05) is 16.8 Å². The van der Waals surface area contributed by atoms with E-state index >= 15 is 0 Å². The molecule has 0 saturated carbocycles. The van der Waals surface area contributed by atoms with Crippen molar-refractivity contribution in [3.8, 4) is 0 Å². The molecule has 7 heteroatoms. The molecule has 0 aromatic carbocycles. The fourth-order valence-electron chi connectivity index (χ4n) is 2.81. The summed E-state index contributed by atoms with van der Waals surface area (Å²) in [7, 11) is 2.17. The van der Waals surface area contributed by atoms with Crippen molar-refractivity contribution in [1.29, 1.82) is 0 Å². The molecule has 23 heavy (non-hydrogen) atoms. The molecular weight excluding hydrogens is 308 g/mol. The third-order valence-electron chi connectivity index (χ3n) is 4.08. The van der Waals surface area contributed by atoms with E-state index in [0.29, 0.717) is 11.7 Å². The summed E-state index contributed by atoms with van der Waals surface area (Å²) in [6, 6.07) is 0. The molecule has 1 atom stereocenters. The van der Waals surface area contributed by atoms with Crippen LogP contribution in [0.1, 0.15) is 19.8 Å². The zero-order valence-electron chi connectivity index (χ0n) is 13.6. The molecule has 1 unspecified atom stereocenters. The van der Waals surface area contributed by atoms with Gasteiger partial charge in [0, 0.05) is 54.9 Å². The summed E-state index contributed by atoms with van der Waals surface area (Å²) < 4.78 is 6.55. The van der Waals surface area contributed by atoms with E-state index in [9.17, 15) is 0 Å². The molecule has 2 aromatic heterocycles. The monoisotopic (exact) mass is 330 g/mol. The van der Waals surface area contributed by atoms with Gasteiger partial charge < -0.3 is 14.6 Å². The van der Waals surface area contributed by atoms with E-state index < -0.39 is 0 Å². The van der Waals surface area contributed by atoms with E-state index in [0.717, 1.165) is 17.2 Å². The molecule has 0 aliphatic carbocycles. The predicted molar refractivity (Wildman–Crippen MR) is 96.7 cm³/mol. The number of anilines is 1. The van der Waals surface area contributed by atoms with Crippen molar-refractivity contribution >= 4 is 29.1 Å². The van der Waals surface area contributed by atoms with Crippen molar-refractivity contribution in [2.45, 2.75) is 19.8 Å². The van der Waals surface area contributed by atoms with Gasteiger partial charge in [-0.25, -0.2) is 14.4 Å². The molecule has 3 heterocycles. The fourth-order valence-corrected chi connectivity index (χ4v) is 3.35. The molecule has 1 aliphatic rings. The highest BCUT2D eigenvalue weighted by Gasteiger charge is 2.19. The lowest BCUT2D eigenvalue weighted by atomic mass is 9.94. The highest BCUT2D eigenvalue weighted by atomic mass is 32.2. The molecule has 0 spiro atoms. The Labute approximate surface area is 140 Å². The maximum atomic E-state index is 4.64. The summed E-state index contributed by atoms with van der Waals surface area (Å²) in [5, 5.41) is 3.94. The number of nitrogens with one attached hydrogen (secondary N) is 1. The second-order valence-corrected chi connectivity index (χ2v) is 6.77. The maximum absolute atomic E-state index is 4.64. The summed E-state index contributed by atoms with van der Waals surface area (Å²) in [6.45, 7) is 8.41. The molecule has 0 radical (unpaired) electrons. The molecular formula is C16H22N6S. The van der Waals surface area contributed by atoms with Gasteiger partial charge in [0.25, 0.3) is 0 Å². The summed E-state index contributed by atoms with van der Waals surface area (Å²) >= 11 is 1.37. The molecule has 1 saturated heterocycles. The minimum atomic E-state index is 0.544. The van der Waals surface area contributed by atoms with Crippen molar-refractivity contribution < 1.29 is 0 Å². The minimum Gasteiger partial charge on any atom is -0.331 e. The quantitative estimate of drug-likeness (QED) is 0.674. The van der Waals surface area contributed by atoms with E-state index in [4.69, 9.17) is 0 Å². The van der Waals surface area contributed by atoms with E-state index in [1.54, 1.807) is 12.4 Å². The largest absolute Gasteiger partial charge is 0.331 e. The molecule has 6 nitrogen and oxygen atoms in total. The number of fused-ring (bicyclic) bond motifs is 1. The van der Waals surface area contributed by atoms with Crippen LogP contribution < -0.4 is 5.32 Å². The van der Waals surface area contributed by atoms with Crippen molar-refractivity contribution in [3.63, 3.8) is 0 Å². The molecule has 0 bridgehead atoms. The highest BCUT2D eigenvalue weighted by Crippen LogP contribution is 2.23. The Kier molecular flexibility index (Phi) is 4.97. The minimum absolute atomic E-state index is 0.544. The Morgan fingerprint density at radius 3 is 2.96 bits per heavy atom. The van der Waals surface area contributed by atoms with Crippen LogP contribution in [0.2, 0.25) is 0 Å². The van der Waals surface area contributed by atoms with Gasteiger partial charge in [0.05, 0.1) is 5.03 Å². The number of hydrogen-bond donors (Lipinski definition) is 1. The fraction of sp³-hybridized carbons (Fsp3) is 0.438. The molecule has 0 amide bonds. The average molecular weight is 330 g/mol. The second-order valence-electron chi connectivity index (χ2n) is 5.91. The van der Waals surface area contributed by atoms with Crippen LogP contribution in [0, 0.1) is 5.92 Å². The Morgan fingerprint density at radius 2 is 2.17 bits per heavy atom. The number of piperidine rings is 1. The number of rotatable bonds is 5. The normalized spacial score (nSPS) is 19.9. The van der Waals surface area contributed by atoms with Crippen LogP contribution in [-0.4, -0.2) is 45.1 Å². The van der Waals surface area contributed by atoms with Crippen LogP contribution in [-0.2, 0) is 0 Å². The van der Waals surface area contributed by atoms with E-state index in [2.05, 4.69) is 45.1 Å². The number of imidazole rings is 1. The van der Waals surface area contributed by atoms with Crippen LogP contribution >= 0.6 is 11.9 Å². The third kappa shape index (κ3) is 3.92.